The van der Waals surface area contributed by atoms with E-state index in [0.717, 1.165) is 37.8 Å². The summed E-state index contributed by atoms with van der Waals surface area (Å²) in [6.07, 6.45) is 5.04. The van der Waals surface area contributed by atoms with Crippen LogP contribution in [0.25, 0.3) is 0 Å². The zero-order valence-corrected chi connectivity index (χ0v) is 18.9. The van der Waals surface area contributed by atoms with Crippen LogP contribution in [0.2, 0.25) is 0 Å². The first-order valence-electron chi connectivity index (χ1n) is 10.7. The molecular formula is C21H36N6S. The minimum Gasteiger partial charge on any atom is -0.358 e. The van der Waals surface area contributed by atoms with Crippen LogP contribution < -0.4 is 20.4 Å². The Hall–Kier alpha value is -1.63. The molecule has 28 heavy (non-hydrogen) atoms. The molecule has 0 spiro atoms. The molecule has 0 unspecified atom stereocenters. The van der Waals surface area contributed by atoms with Crippen molar-refractivity contribution in [2.24, 2.45) is 11.8 Å². The Balaban J connectivity index is 1.86. The Morgan fingerprint density at radius 2 is 1.57 bits per heavy atom. The molecule has 0 saturated carbocycles. The fourth-order valence-electron chi connectivity index (χ4n) is 4.25. The van der Waals surface area contributed by atoms with Crippen LogP contribution in [-0.2, 0) is 0 Å². The first-order valence-corrected chi connectivity index (χ1v) is 11.1. The van der Waals surface area contributed by atoms with Crippen LogP contribution in [0.4, 0.5) is 17.6 Å². The van der Waals surface area contributed by atoms with Crippen molar-refractivity contribution < 1.29 is 0 Å². The van der Waals surface area contributed by atoms with Gasteiger partial charge in [0.05, 0.1) is 0 Å². The van der Waals surface area contributed by atoms with E-state index in [-0.39, 0.29) is 5.54 Å². The average Bonchev–Trinajstić information content (AvgIpc) is 2.59. The maximum Gasteiger partial charge on any atom is 0.232 e. The lowest BCUT2D eigenvalue weighted by atomic mass is 9.92. The average molecular weight is 405 g/mol. The van der Waals surface area contributed by atoms with E-state index in [0.29, 0.717) is 22.9 Å². The van der Waals surface area contributed by atoms with Crippen molar-refractivity contribution >= 4 is 34.9 Å². The highest BCUT2D eigenvalue weighted by molar-refractivity contribution is 7.80. The number of hydrogen-bond acceptors (Lipinski definition) is 5. The summed E-state index contributed by atoms with van der Waals surface area (Å²) in [4.78, 5) is 14.5. The van der Waals surface area contributed by atoms with Gasteiger partial charge in [-0.3, -0.25) is 0 Å². The lowest BCUT2D eigenvalue weighted by Gasteiger charge is -2.36. The van der Waals surface area contributed by atoms with Gasteiger partial charge in [0.1, 0.15) is 11.6 Å². The SMILES string of the molecule is C[C@@H]1C[C@@H](C)CN(c2cc(N3CCCCC3)nc(NC(=S)NC(C)(C)C)n2)C1. The Bertz CT molecular complexity index is 670. The third kappa shape index (κ3) is 5.93. The van der Waals surface area contributed by atoms with E-state index in [2.05, 4.69) is 61.1 Å². The van der Waals surface area contributed by atoms with Crippen LogP contribution in [0.1, 0.15) is 60.3 Å². The van der Waals surface area contributed by atoms with Crippen LogP contribution in [0.3, 0.4) is 0 Å². The molecule has 2 atom stereocenters. The fraction of sp³-hybridized carbons (Fsp3) is 0.762. The number of nitrogens with zero attached hydrogens (tertiary/aromatic N) is 4. The molecule has 2 aliphatic heterocycles. The monoisotopic (exact) mass is 404 g/mol. The summed E-state index contributed by atoms with van der Waals surface area (Å²) in [6.45, 7) is 15.2. The van der Waals surface area contributed by atoms with Crippen molar-refractivity contribution in [2.75, 3.05) is 41.3 Å². The highest BCUT2D eigenvalue weighted by Gasteiger charge is 2.25. The van der Waals surface area contributed by atoms with E-state index >= 15 is 0 Å². The molecule has 7 heteroatoms. The van der Waals surface area contributed by atoms with Crippen LogP contribution in [0.5, 0.6) is 0 Å². The van der Waals surface area contributed by atoms with E-state index in [1.807, 2.05) is 0 Å². The van der Waals surface area contributed by atoms with Gasteiger partial charge >= 0.3 is 0 Å². The Morgan fingerprint density at radius 3 is 2.14 bits per heavy atom. The van der Waals surface area contributed by atoms with Gasteiger partial charge < -0.3 is 20.4 Å². The van der Waals surface area contributed by atoms with Gasteiger partial charge in [0, 0.05) is 37.8 Å². The van der Waals surface area contributed by atoms with E-state index in [1.54, 1.807) is 0 Å². The molecule has 3 heterocycles. The molecule has 2 aliphatic rings. The van der Waals surface area contributed by atoms with Crippen molar-refractivity contribution in [2.45, 2.75) is 65.8 Å². The molecule has 2 N–H and O–H groups in total. The molecule has 0 radical (unpaired) electrons. The lowest BCUT2D eigenvalue weighted by molar-refractivity contribution is 0.355. The largest absolute Gasteiger partial charge is 0.358 e. The Morgan fingerprint density at radius 1 is 1.00 bits per heavy atom. The smallest absolute Gasteiger partial charge is 0.232 e. The molecule has 1 aromatic heterocycles. The predicted octanol–water partition coefficient (Wildman–Crippen LogP) is 4.03. The van der Waals surface area contributed by atoms with Gasteiger partial charge in [-0.25, -0.2) is 0 Å². The van der Waals surface area contributed by atoms with E-state index < -0.39 is 0 Å². The molecule has 3 rings (SSSR count). The quantitative estimate of drug-likeness (QED) is 0.738. The highest BCUT2D eigenvalue weighted by Crippen LogP contribution is 2.29. The number of hydrogen-bond donors (Lipinski definition) is 2. The normalized spacial score (nSPS) is 23.5. The predicted molar refractivity (Wildman–Crippen MR) is 122 cm³/mol. The summed E-state index contributed by atoms with van der Waals surface area (Å²) < 4.78 is 0. The van der Waals surface area contributed by atoms with Crippen molar-refractivity contribution in [3.8, 4) is 0 Å². The summed E-state index contributed by atoms with van der Waals surface area (Å²) in [5, 5.41) is 7.08. The second-order valence-corrected chi connectivity index (χ2v) is 10.0. The minimum atomic E-state index is -0.102. The van der Waals surface area contributed by atoms with Gasteiger partial charge in [-0.1, -0.05) is 13.8 Å². The molecule has 1 aromatic rings. The standard InChI is InChI=1S/C21H36N6S/c1-15-11-16(2)14-27(13-15)18-12-17(26-9-7-6-8-10-26)22-19(23-18)24-20(28)25-21(3,4)5/h12,15-16H,6-11,13-14H2,1-5H3,(H2,22,23,24,25,28)/t15-,16-/m1/s1. The second-order valence-electron chi connectivity index (χ2n) is 9.64. The molecule has 0 bridgehead atoms. The van der Waals surface area contributed by atoms with Crippen molar-refractivity contribution in [1.82, 2.24) is 15.3 Å². The van der Waals surface area contributed by atoms with Crippen LogP contribution in [-0.4, -0.2) is 46.8 Å². The lowest BCUT2D eigenvalue weighted by Crippen LogP contribution is -2.43. The Kier molecular flexibility index (Phi) is 6.63. The maximum atomic E-state index is 5.49. The highest BCUT2D eigenvalue weighted by atomic mass is 32.1. The zero-order valence-electron chi connectivity index (χ0n) is 18.1. The minimum absolute atomic E-state index is 0.102. The summed E-state index contributed by atoms with van der Waals surface area (Å²) >= 11 is 5.49. The number of rotatable bonds is 3. The molecule has 2 fully saturated rings. The molecule has 156 valence electrons. The molecule has 0 aromatic carbocycles. The van der Waals surface area contributed by atoms with Crippen LogP contribution >= 0.6 is 12.2 Å². The molecular weight excluding hydrogens is 368 g/mol. The van der Waals surface area contributed by atoms with Crippen molar-refractivity contribution in [3.05, 3.63) is 6.07 Å². The Labute approximate surface area is 175 Å². The number of thiocarbonyl (C=S) groups is 1. The van der Waals surface area contributed by atoms with Gasteiger partial charge in [0.2, 0.25) is 5.95 Å². The molecule has 6 nitrogen and oxygen atoms in total. The topological polar surface area (TPSA) is 56.3 Å². The molecule has 0 amide bonds. The van der Waals surface area contributed by atoms with Gasteiger partial charge in [0.25, 0.3) is 0 Å². The number of nitrogens with one attached hydrogen (secondary N) is 2. The summed E-state index contributed by atoms with van der Waals surface area (Å²) in [6, 6.07) is 2.17. The van der Waals surface area contributed by atoms with Crippen LogP contribution in [0.15, 0.2) is 6.07 Å². The van der Waals surface area contributed by atoms with Gasteiger partial charge in [-0.15, -0.1) is 0 Å². The molecule has 0 aliphatic carbocycles. The van der Waals surface area contributed by atoms with Crippen LogP contribution in [0, 0.1) is 11.8 Å². The van der Waals surface area contributed by atoms with Crippen molar-refractivity contribution in [3.63, 3.8) is 0 Å². The third-order valence-electron chi connectivity index (χ3n) is 5.29. The summed E-state index contributed by atoms with van der Waals surface area (Å²) in [7, 11) is 0. The second kappa shape index (κ2) is 8.80. The van der Waals surface area contributed by atoms with Gasteiger partial charge in [-0.2, -0.15) is 9.97 Å². The third-order valence-corrected chi connectivity index (χ3v) is 5.49. The van der Waals surface area contributed by atoms with Crippen molar-refractivity contribution in [1.29, 1.82) is 0 Å². The number of piperidine rings is 2. The summed E-state index contributed by atoms with van der Waals surface area (Å²) in [5.74, 6) is 3.96. The van der Waals surface area contributed by atoms with E-state index in [1.165, 1.54) is 25.7 Å². The number of anilines is 3. The first-order chi connectivity index (χ1) is 13.2. The maximum absolute atomic E-state index is 5.49. The van der Waals surface area contributed by atoms with E-state index in [4.69, 9.17) is 22.2 Å². The van der Waals surface area contributed by atoms with Gasteiger partial charge in [-0.05, 0) is 70.5 Å². The van der Waals surface area contributed by atoms with Gasteiger partial charge in [0.15, 0.2) is 5.11 Å². The molecule has 2 saturated heterocycles. The first kappa shape index (κ1) is 21.1. The summed E-state index contributed by atoms with van der Waals surface area (Å²) in [5.41, 5.74) is -0.102. The fourth-order valence-corrected chi connectivity index (χ4v) is 4.65. The van der Waals surface area contributed by atoms with E-state index in [9.17, 15) is 0 Å². The zero-order chi connectivity index (χ0) is 20.3. The number of aromatic nitrogens is 2.